The summed E-state index contributed by atoms with van der Waals surface area (Å²) >= 11 is 6.37. The Bertz CT molecular complexity index is 1130. The molecule has 4 rings (SSSR count). The van der Waals surface area contributed by atoms with Crippen molar-refractivity contribution in [1.82, 2.24) is 5.32 Å². The number of ether oxygens (including phenoxy) is 2. The lowest BCUT2D eigenvalue weighted by Crippen LogP contribution is -2.42. The van der Waals surface area contributed by atoms with Crippen LogP contribution in [-0.2, 0) is 9.53 Å². The van der Waals surface area contributed by atoms with E-state index >= 15 is 0 Å². The van der Waals surface area contributed by atoms with E-state index in [2.05, 4.69) is 12.2 Å². The molecule has 0 aromatic heterocycles. The molecule has 8 nitrogen and oxygen atoms in total. The number of hydrogen-bond donors (Lipinski definition) is 1. The fourth-order valence-electron chi connectivity index (χ4n) is 4.44. The third-order valence-electron chi connectivity index (χ3n) is 6.32. The van der Waals surface area contributed by atoms with Crippen LogP contribution in [-0.4, -0.2) is 43.4 Å². The van der Waals surface area contributed by atoms with E-state index in [9.17, 15) is 19.2 Å². The van der Waals surface area contributed by atoms with Gasteiger partial charge in [-0.1, -0.05) is 43.5 Å². The van der Waals surface area contributed by atoms with Gasteiger partial charge in [-0.2, -0.15) is 0 Å². The van der Waals surface area contributed by atoms with E-state index < -0.39 is 24.4 Å². The normalized spacial score (nSPS) is 19.6. The van der Waals surface area contributed by atoms with Gasteiger partial charge >= 0.3 is 5.97 Å². The number of methoxy groups -OCH3 is 1. The van der Waals surface area contributed by atoms with Crippen LogP contribution in [0.3, 0.4) is 0 Å². The van der Waals surface area contributed by atoms with E-state index in [0.29, 0.717) is 5.92 Å². The summed E-state index contributed by atoms with van der Waals surface area (Å²) in [4.78, 5) is 51.6. The van der Waals surface area contributed by atoms with Gasteiger partial charge in [0, 0.05) is 12.1 Å². The number of esters is 1. The lowest BCUT2D eigenvalue weighted by Gasteiger charge is -2.29. The van der Waals surface area contributed by atoms with Crippen molar-refractivity contribution >= 4 is 41.0 Å². The molecule has 2 aromatic carbocycles. The Labute approximate surface area is 202 Å². The van der Waals surface area contributed by atoms with Crippen molar-refractivity contribution in [1.29, 1.82) is 0 Å². The summed E-state index contributed by atoms with van der Waals surface area (Å²) in [6.07, 6.45) is 4.17. The molecule has 1 N–H and O–H groups in total. The highest BCUT2D eigenvalue weighted by atomic mass is 35.5. The van der Waals surface area contributed by atoms with Crippen LogP contribution in [0.25, 0.3) is 0 Å². The molecule has 2 aliphatic rings. The van der Waals surface area contributed by atoms with Gasteiger partial charge in [0.05, 0.1) is 28.9 Å². The first-order valence-corrected chi connectivity index (χ1v) is 11.5. The SMILES string of the molecule is COc1cc(N2C(=O)c3ccccc3C2=O)c(Cl)cc1C(=O)OCC(=O)N[C@H]1CCCC[C@@H]1C. The summed E-state index contributed by atoms with van der Waals surface area (Å²) in [5.41, 5.74) is 0.602. The first-order valence-electron chi connectivity index (χ1n) is 11.1. The molecule has 0 bridgehead atoms. The number of halogens is 1. The van der Waals surface area contributed by atoms with Crippen LogP contribution in [0.5, 0.6) is 5.75 Å². The standard InChI is InChI=1S/C25H25ClN2O6/c1-14-7-3-6-10-19(14)27-22(29)13-34-25(32)17-11-18(26)20(12-21(17)33-2)28-23(30)15-8-4-5-9-16(15)24(28)31/h4-5,8-9,11-12,14,19H,3,6-7,10,13H2,1-2H3,(H,27,29)/t14-,19-/m0/s1. The highest BCUT2D eigenvalue weighted by Gasteiger charge is 2.38. The maximum absolute atomic E-state index is 12.8. The fraction of sp³-hybridized carbons (Fsp3) is 0.360. The monoisotopic (exact) mass is 484 g/mol. The molecule has 1 aliphatic heterocycles. The molecule has 1 fully saturated rings. The lowest BCUT2D eigenvalue weighted by molar-refractivity contribution is -0.125. The van der Waals surface area contributed by atoms with Gasteiger partial charge in [-0.3, -0.25) is 14.4 Å². The van der Waals surface area contributed by atoms with Crippen molar-refractivity contribution in [3.8, 4) is 5.75 Å². The molecule has 3 amide bonds. The summed E-state index contributed by atoms with van der Waals surface area (Å²) in [6.45, 7) is 1.65. The number of fused-ring (bicyclic) bond motifs is 1. The van der Waals surface area contributed by atoms with Gasteiger partial charge in [-0.15, -0.1) is 0 Å². The van der Waals surface area contributed by atoms with Gasteiger partial charge < -0.3 is 14.8 Å². The van der Waals surface area contributed by atoms with E-state index in [-0.39, 0.29) is 45.1 Å². The number of hydrogen-bond acceptors (Lipinski definition) is 6. The molecular weight excluding hydrogens is 460 g/mol. The quantitative estimate of drug-likeness (QED) is 0.491. The van der Waals surface area contributed by atoms with Crippen molar-refractivity contribution in [2.75, 3.05) is 18.6 Å². The third kappa shape index (κ3) is 4.50. The van der Waals surface area contributed by atoms with Crippen molar-refractivity contribution in [2.24, 2.45) is 5.92 Å². The van der Waals surface area contributed by atoms with Gasteiger partial charge in [0.15, 0.2) is 6.61 Å². The van der Waals surface area contributed by atoms with Crippen molar-refractivity contribution < 1.29 is 28.7 Å². The van der Waals surface area contributed by atoms with E-state index in [0.717, 1.165) is 30.6 Å². The molecule has 1 saturated carbocycles. The maximum atomic E-state index is 12.8. The van der Waals surface area contributed by atoms with Crippen LogP contribution in [0.1, 0.15) is 63.7 Å². The van der Waals surface area contributed by atoms with Crippen LogP contribution in [0.2, 0.25) is 5.02 Å². The molecule has 9 heteroatoms. The van der Waals surface area contributed by atoms with E-state index in [1.54, 1.807) is 24.3 Å². The number of carbonyl (C=O) groups excluding carboxylic acids is 4. The first kappa shape index (κ1) is 23.8. The molecule has 34 heavy (non-hydrogen) atoms. The number of anilines is 1. The van der Waals surface area contributed by atoms with Crippen LogP contribution < -0.4 is 15.0 Å². The van der Waals surface area contributed by atoms with Crippen LogP contribution in [0, 0.1) is 5.92 Å². The first-order chi connectivity index (χ1) is 16.3. The van der Waals surface area contributed by atoms with Gasteiger partial charge in [0.1, 0.15) is 11.3 Å². The molecular formula is C25H25ClN2O6. The Morgan fingerprint density at radius 3 is 2.35 bits per heavy atom. The van der Waals surface area contributed by atoms with Crippen molar-refractivity contribution in [2.45, 2.75) is 38.6 Å². The number of amides is 3. The van der Waals surface area contributed by atoms with E-state index in [4.69, 9.17) is 21.1 Å². The van der Waals surface area contributed by atoms with Crippen LogP contribution >= 0.6 is 11.6 Å². The summed E-state index contributed by atoms with van der Waals surface area (Å²) in [6, 6.07) is 9.13. The van der Waals surface area contributed by atoms with Gasteiger partial charge in [-0.05, 0) is 37.0 Å². The molecule has 0 saturated heterocycles. The molecule has 0 unspecified atom stereocenters. The topological polar surface area (TPSA) is 102 Å². The highest BCUT2D eigenvalue weighted by molar-refractivity contribution is 6.40. The molecule has 1 heterocycles. The molecule has 2 aromatic rings. The third-order valence-corrected chi connectivity index (χ3v) is 6.62. The molecule has 178 valence electrons. The number of nitrogens with zero attached hydrogens (tertiary/aromatic N) is 1. The zero-order chi connectivity index (χ0) is 24.4. The van der Waals surface area contributed by atoms with E-state index in [1.807, 2.05) is 0 Å². The molecule has 0 radical (unpaired) electrons. The average Bonchev–Trinajstić information content (AvgIpc) is 3.09. The zero-order valence-electron chi connectivity index (χ0n) is 18.9. The van der Waals surface area contributed by atoms with Crippen LogP contribution in [0.4, 0.5) is 5.69 Å². The second-order valence-electron chi connectivity index (χ2n) is 8.51. The number of carbonyl (C=O) groups is 4. The summed E-state index contributed by atoms with van der Waals surface area (Å²) < 4.78 is 10.5. The smallest absolute Gasteiger partial charge is 0.342 e. The Balaban J connectivity index is 1.49. The van der Waals surface area contributed by atoms with Crippen molar-refractivity contribution in [3.63, 3.8) is 0 Å². The molecule has 2 atom stereocenters. The largest absolute Gasteiger partial charge is 0.496 e. The number of imide groups is 1. The summed E-state index contributed by atoms with van der Waals surface area (Å²) in [7, 11) is 1.34. The van der Waals surface area contributed by atoms with Gasteiger partial charge in [0.2, 0.25) is 0 Å². The van der Waals surface area contributed by atoms with Crippen LogP contribution in [0.15, 0.2) is 36.4 Å². The lowest BCUT2D eigenvalue weighted by atomic mass is 9.86. The number of rotatable bonds is 6. The van der Waals surface area contributed by atoms with Crippen molar-refractivity contribution in [3.05, 3.63) is 58.1 Å². The summed E-state index contributed by atoms with van der Waals surface area (Å²) in [5.74, 6) is -1.79. The maximum Gasteiger partial charge on any atom is 0.342 e. The second kappa shape index (κ2) is 9.85. The Morgan fingerprint density at radius 1 is 1.09 bits per heavy atom. The highest BCUT2D eigenvalue weighted by Crippen LogP contribution is 2.38. The van der Waals surface area contributed by atoms with Gasteiger partial charge in [0.25, 0.3) is 17.7 Å². The van der Waals surface area contributed by atoms with Gasteiger partial charge in [-0.25, -0.2) is 9.69 Å². The zero-order valence-corrected chi connectivity index (χ0v) is 19.7. The second-order valence-corrected chi connectivity index (χ2v) is 8.91. The minimum Gasteiger partial charge on any atom is -0.496 e. The Hall–Kier alpha value is -3.39. The van der Waals surface area contributed by atoms with E-state index in [1.165, 1.54) is 19.2 Å². The summed E-state index contributed by atoms with van der Waals surface area (Å²) in [5, 5.41) is 2.91. The Kier molecular flexibility index (Phi) is 6.88. The Morgan fingerprint density at radius 2 is 1.74 bits per heavy atom. The predicted molar refractivity (Wildman–Crippen MR) is 125 cm³/mol. The number of nitrogens with one attached hydrogen (secondary N) is 1. The minimum absolute atomic E-state index is 0.0114. The number of benzene rings is 2. The molecule has 0 spiro atoms. The average molecular weight is 485 g/mol. The minimum atomic E-state index is -0.806. The molecule has 1 aliphatic carbocycles. The predicted octanol–water partition coefficient (Wildman–Crippen LogP) is 4.00. The fourth-order valence-corrected chi connectivity index (χ4v) is 4.69.